The van der Waals surface area contributed by atoms with Crippen molar-refractivity contribution < 1.29 is 4.79 Å². The van der Waals surface area contributed by atoms with Crippen molar-refractivity contribution >= 4 is 46.0 Å². The third-order valence-electron chi connectivity index (χ3n) is 3.48. The summed E-state index contributed by atoms with van der Waals surface area (Å²) in [4.78, 5) is 22.2. The van der Waals surface area contributed by atoms with Crippen LogP contribution in [0.25, 0.3) is 10.7 Å². The lowest BCUT2D eigenvalue weighted by Gasteiger charge is -2.08. The van der Waals surface area contributed by atoms with Gasteiger partial charge in [-0.05, 0) is 24.3 Å². The van der Waals surface area contributed by atoms with E-state index in [0.717, 1.165) is 31.3 Å². The number of nitrogens with zero attached hydrogens (tertiary/aromatic N) is 4. The first kappa shape index (κ1) is 17.8. The van der Waals surface area contributed by atoms with Gasteiger partial charge in [0.15, 0.2) is 4.34 Å². The highest BCUT2D eigenvalue weighted by molar-refractivity contribution is 8.01. The second-order valence-corrected chi connectivity index (χ2v) is 8.37. The van der Waals surface area contributed by atoms with E-state index in [-0.39, 0.29) is 12.3 Å². The number of anilines is 1. The van der Waals surface area contributed by atoms with Gasteiger partial charge in [0.25, 0.3) is 0 Å². The van der Waals surface area contributed by atoms with Crippen molar-refractivity contribution in [3.8, 4) is 10.7 Å². The number of hydrogen-bond donors (Lipinski definition) is 1. The van der Waals surface area contributed by atoms with Crippen LogP contribution in [0.5, 0.6) is 0 Å². The molecule has 0 fully saturated rings. The van der Waals surface area contributed by atoms with E-state index < -0.39 is 0 Å². The molecule has 9 heteroatoms. The van der Waals surface area contributed by atoms with Gasteiger partial charge in [-0.25, -0.2) is 4.98 Å². The minimum atomic E-state index is -0.113. The average molecular weight is 412 g/mol. The smallest absolute Gasteiger partial charge is 0.230 e. The molecule has 3 aromatic heterocycles. The number of nitrogens with one attached hydrogen (secondary N) is 1. The maximum Gasteiger partial charge on any atom is 0.230 e. The van der Waals surface area contributed by atoms with Gasteiger partial charge in [-0.2, -0.15) is 0 Å². The number of carbonyl (C=O) groups excluding carboxylic acids is 1. The molecule has 0 radical (unpaired) electrons. The zero-order valence-corrected chi connectivity index (χ0v) is 16.4. The molecule has 6 nitrogen and oxygen atoms in total. The van der Waals surface area contributed by atoms with Gasteiger partial charge >= 0.3 is 0 Å². The van der Waals surface area contributed by atoms with Gasteiger partial charge < -0.3 is 5.32 Å². The van der Waals surface area contributed by atoms with Crippen molar-refractivity contribution in [3.05, 3.63) is 65.2 Å². The number of hydrogen-bond acceptors (Lipinski definition) is 8. The number of thiazole rings is 1. The van der Waals surface area contributed by atoms with E-state index in [1.165, 1.54) is 34.4 Å². The molecule has 1 amide bonds. The molecule has 134 valence electrons. The molecule has 0 aliphatic carbocycles. The maximum atomic E-state index is 12.5. The Kier molecular flexibility index (Phi) is 5.52. The molecule has 1 aromatic carbocycles. The minimum Gasteiger partial charge on any atom is -0.325 e. The van der Waals surface area contributed by atoms with Crippen LogP contribution in [0, 0.1) is 0 Å². The summed E-state index contributed by atoms with van der Waals surface area (Å²) in [5, 5.41) is 13.5. The fourth-order valence-corrected chi connectivity index (χ4v) is 4.63. The van der Waals surface area contributed by atoms with Crippen LogP contribution < -0.4 is 5.32 Å². The lowest BCUT2D eigenvalue weighted by molar-refractivity contribution is -0.115. The SMILES string of the molecule is O=C(Cc1csc(-c2ccccn2)n1)Nc1ccccc1Sc1nncs1. The van der Waals surface area contributed by atoms with Gasteiger partial charge in [0.1, 0.15) is 10.5 Å². The average Bonchev–Trinajstić information content (AvgIpc) is 3.36. The fraction of sp³-hybridized carbons (Fsp3) is 0.0556. The Morgan fingerprint density at radius 3 is 2.81 bits per heavy atom. The third kappa shape index (κ3) is 4.57. The lowest BCUT2D eigenvalue weighted by Crippen LogP contribution is -2.15. The number of amides is 1. The molecular weight excluding hydrogens is 398 g/mol. The maximum absolute atomic E-state index is 12.5. The summed E-state index contributed by atoms with van der Waals surface area (Å²) >= 11 is 4.43. The molecule has 0 unspecified atom stereocenters. The monoisotopic (exact) mass is 411 g/mol. The predicted octanol–water partition coefficient (Wildman–Crippen LogP) is 4.39. The molecule has 0 aliphatic heterocycles. The van der Waals surface area contributed by atoms with Crippen LogP contribution in [0.3, 0.4) is 0 Å². The van der Waals surface area contributed by atoms with E-state index in [9.17, 15) is 4.79 Å². The van der Waals surface area contributed by atoms with E-state index in [2.05, 4.69) is 25.5 Å². The van der Waals surface area contributed by atoms with Gasteiger partial charge in [-0.1, -0.05) is 41.3 Å². The predicted molar refractivity (Wildman–Crippen MR) is 108 cm³/mol. The summed E-state index contributed by atoms with van der Waals surface area (Å²) in [6.45, 7) is 0. The molecule has 3 heterocycles. The highest BCUT2D eigenvalue weighted by atomic mass is 32.2. The molecule has 27 heavy (non-hydrogen) atoms. The first-order chi connectivity index (χ1) is 13.3. The second-order valence-electron chi connectivity index (χ2n) is 5.39. The zero-order chi connectivity index (χ0) is 18.5. The van der Waals surface area contributed by atoms with Gasteiger partial charge in [0.2, 0.25) is 5.91 Å². The minimum absolute atomic E-state index is 0.113. The Balaban J connectivity index is 1.44. The van der Waals surface area contributed by atoms with E-state index in [4.69, 9.17) is 0 Å². The summed E-state index contributed by atoms with van der Waals surface area (Å²) in [7, 11) is 0. The number of para-hydroxylation sites is 1. The summed E-state index contributed by atoms with van der Waals surface area (Å²) < 4.78 is 0.830. The quantitative estimate of drug-likeness (QED) is 0.507. The first-order valence-corrected chi connectivity index (χ1v) is 10.5. The highest BCUT2D eigenvalue weighted by Crippen LogP contribution is 2.34. The molecule has 1 N–H and O–H groups in total. The number of benzene rings is 1. The van der Waals surface area contributed by atoms with Crippen molar-refractivity contribution in [1.82, 2.24) is 20.2 Å². The molecule has 0 saturated carbocycles. The van der Waals surface area contributed by atoms with Crippen LogP contribution >= 0.6 is 34.4 Å². The number of aromatic nitrogens is 4. The zero-order valence-electron chi connectivity index (χ0n) is 13.9. The molecule has 0 spiro atoms. The summed E-state index contributed by atoms with van der Waals surface area (Å²) in [5.41, 5.74) is 3.98. The largest absolute Gasteiger partial charge is 0.325 e. The molecule has 0 bridgehead atoms. The van der Waals surface area contributed by atoms with Crippen molar-refractivity contribution in [2.24, 2.45) is 0 Å². The van der Waals surface area contributed by atoms with E-state index in [0.29, 0.717) is 0 Å². The standard InChI is InChI=1S/C18H13N5OS3/c24-16(9-12-10-25-17(21-12)14-6-3-4-8-19-14)22-13-5-1-2-7-15(13)27-18-23-20-11-26-18/h1-8,10-11H,9H2,(H,22,24). The van der Waals surface area contributed by atoms with Crippen LogP contribution in [0.15, 0.2) is 68.8 Å². The van der Waals surface area contributed by atoms with Crippen molar-refractivity contribution in [2.75, 3.05) is 5.32 Å². The van der Waals surface area contributed by atoms with Crippen LogP contribution in [-0.4, -0.2) is 26.1 Å². The van der Waals surface area contributed by atoms with E-state index in [1.807, 2.05) is 47.8 Å². The molecule has 0 saturated heterocycles. The third-order valence-corrected chi connectivity index (χ3v) is 6.24. The molecule has 4 aromatic rings. The van der Waals surface area contributed by atoms with Crippen LogP contribution in [0.4, 0.5) is 5.69 Å². The van der Waals surface area contributed by atoms with Gasteiger partial charge in [-0.3, -0.25) is 9.78 Å². The van der Waals surface area contributed by atoms with Crippen molar-refractivity contribution in [2.45, 2.75) is 15.7 Å². The van der Waals surface area contributed by atoms with Crippen LogP contribution in [-0.2, 0) is 11.2 Å². The fourth-order valence-electron chi connectivity index (χ4n) is 2.31. The molecular formula is C18H13N5OS3. The topological polar surface area (TPSA) is 80.7 Å². The van der Waals surface area contributed by atoms with E-state index in [1.54, 1.807) is 11.7 Å². The summed E-state index contributed by atoms with van der Waals surface area (Å²) in [5.74, 6) is -0.113. The van der Waals surface area contributed by atoms with Gasteiger partial charge in [-0.15, -0.1) is 21.5 Å². The Morgan fingerprint density at radius 2 is 2.00 bits per heavy atom. The molecule has 0 aliphatic rings. The second kappa shape index (κ2) is 8.38. The Labute approximate surface area is 167 Å². The Hall–Kier alpha value is -2.62. The van der Waals surface area contributed by atoms with Gasteiger partial charge in [0, 0.05) is 16.5 Å². The summed E-state index contributed by atoms with van der Waals surface area (Å²) in [6.07, 6.45) is 1.94. The number of rotatable bonds is 6. The van der Waals surface area contributed by atoms with Crippen LogP contribution in [0.2, 0.25) is 0 Å². The molecule has 0 atom stereocenters. The Bertz CT molecular complexity index is 1030. The number of carbonyl (C=O) groups is 1. The lowest BCUT2D eigenvalue weighted by atomic mass is 10.3. The normalized spacial score (nSPS) is 10.7. The van der Waals surface area contributed by atoms with Crippen molar-refractivity contribution in [1.29, 1.82) is 0 Å². The van der Waals surface area contributed by atoms with E-state index >= 15 is 0 Å². The number of pyridine rings is 1. The molecule has 4 rings (SSSR count). The first-order valence-electron chi connectivity index (χ1n) is 7.96. The highest BCUT2D eigenvalue weighted by Gasteiger charge is 2.12. The summed E-state index contributed by atoms with van der Waals surface area (Å²) in [6, 6.07) is 13.3. The van der Waals surface area contributed by atoms with Crippen molar-refractivity contribution in [3.63, 3.8) is 0 Å². The Morgan fingerprint density at radius 1 is 1.11 bits per heavy atom. The van der Waals surface area contributed by atoms with Crippen LogP contribution in [0.1, 0.15) is 5.69 Å². The van der Waals surface area contributed by atoms with Gasteiger partial charge in [0.05, 0.1) is 23.5 Å².